The third-order valence-electron chi connectivity index (χ3n) is 4.54. The Kier molecular flexibility index (Phi) is 4.13. The Morgan fingerprint density at radius 1 is 1.17 bits per heavy atom. The van der Waals surface area contributed by atoms with E-state index in [4.69, 9.17) is 0 Å². The molecule has 1 aliphatic heterocycles. The highest BCUT2D eigenvalue weighted by atomic mass is 15.4. The van der Waals surface area contributed by atoms with Crippen LogP contribution in [0.25, 0.3) is 5.78 Å². The minimum Gasteiger partial charge on any atom is -0.362 e. The van der Waals surface area contributed by atoms with Crippen molar-refractivity contribution >= 4 is 11.6 Å². The molecule has 1 atom stereocenters. The molecule has 6 nitrogen and oxygen atoms in total. The number of hydrogen-bond acceptors (Lipinski definition) is 5. The molecule has 0 bridgehead atoms. The van der Waals surface area contributed by atoms with E-state index >= 15 is 0 Å². The number of aryl methyl sites for hydroxylation is 1. The average Bonchev–Trinajstić information content (AvgIpc) is 3.26. The fraction of sp³-hybridized carbons (Fsp3) is 0.389. The normalized spacial score (nSPS) is 16.5. The summed E-state index contributed by atoms with van der Waals surface area (Å²) in [5.74, 6) is 1.56. The van der Waals surface area contributed by atoms with Gasteiger partial charge in [0.1, 0.15) is 12.1 Å². The molecule has 4 rings (SSSR count). The topological polar surface area (TPSA) is 58.4 Å². The molecule has 3 heterocycles. The van der Waals surface area contributed by atoms with Crippen molar-refractivity contribution in [2.24, 2.45) is 0 Å². The molecule has 1 N–H and O–H groups in total. The molecule has 3 aromatic rings. The number of fused-ring (bicyclic) bond motifs is 1. The van der Waals surface area contributed by atoms with E-state index in [1.54, 1.807) is 10.8 Å². The minimum atomic E-state index is 0.207. The summed E-state index contributed by atoms with van der Waals surface area (Å²) in [6.45, 7) is 5.33. The summed E-state index contributed by atoms with van der Waals surface area (Å²) < 4.78 is 1.77. The molecule has 6 heteroatoms. The minimum absolute atomic E-state index is 0.207. The number of likely N-dealkylation sites (tertiary alicyclic amines) is 1. The SMILES string of the molecule is Cc1cc(NC(CN2CCCC2)c2ccccc2)n2ncnc2n1. The summed E-state index contributed by atoms with van der Waals surface area (Å²) in [6.07, 6.45) is 4.14. The lowest BCUT2D eigenvalue weighted by atomic mass is 10.1. The smallest absolute Gasteiger partial charge is 0.254 e. The Morgan fingerprint density at radius 2 is 1.96 bits per heavy atom. The van der Waals surface area contributed by atoms with E-state index in [1.807, 2.05) is 13.0 Å². The van der Waals surface area contributed by atoms with Gasteiger partial charge in [0.05, 0.1) is 6.04 Å². The molecule has 1 aliphatic rings. The molecule has 24 heavy (non-hydrogen) atoms. The van der Waals surface area contributed by atoms with Crippen molar-refractivity contribution in [1.82, 2.24) is 24.5 Å². The predicted octanol–water partition coefficient (Wildman–Crippen LogP) is 2.68. The lowest BCUT2D eigenvalue weighted by Gasteiger charge is -2.26. The quantitative estimate of drug-likeness (QED) is 0.782. The molecule has 1 aromatic carbocycles. The van der Waals surface area contributed by atoms with Gasteiger partial charge in [-0.2, -0.15) is 14.6 Å². The molecule has 1 fully saturated rings. The zero-order chi connectivity index (χ0) is 16.4. The second-order valence-electron chi connectivity index (χ2n) is 6.37. The Morgan fingerprint density at radius 3 is 2.75 bits per heavy atom. The van der Waals surface area contributed by atoms with Crippen molar-refractivity contribution in [3.05, 3.63) is 54.0 Å². The van der Waals surface area contributed by atoms with Crippen LogP contribution in [0.2, 0.25) is 0 Å². The molecule has 0 spiro atoms. The molecule has 0 radical (unpaired) electrons. The zero-order valence-electron chi connectivity index (χ0n) is 13.9. The maximum Gasteiger partial charge on any atom is 0.254 e. The highest BCUT2D eigenvalue weighted by molar-refractivity contribution is 5.46. The molecule has 0 aliphatic carbocycles. The number of anilines is 1. The number of rotatable bonds is 5. The summed E-state index contributed by atoms with van der Waals surface area (Å²) in [5, 5.41) is 7.98. The molecular formula is C18H22N6. The Labute approximate surface area is 141 Å². The first kappa shape index (κ1) is 15.1. The summed E-state index contributed by atoms with van der Waals surface area (Å²) in [5.41, 5.74) is 2.22. The third kappa shape index (κ3) is 3.10. The summed E-state index contributed by atoms with van der Waals surface area (Å²) in [4.78, 5) is 11.2. The number of benzene rings is 1. The van der Waals surface area contributed by atoms with Crippen molar-refractivity contribution < 1.29 is 0 Å². The number of hydrogen-bond donors (Lipinski definition) is 1. The van der Waals surface area contributed by atoms with Gasteiger partial charge in [-0.1, -0.05) is 30.3 Å². The molecule has 124 valence electrons. The van der Waals surface area contributed by atoms with Crippen molar-refractivity contribution in [3.63, 3.8) is 0 Å². The van der Waals surface area contributed by atoms with E-state index in [0.717, 1.165) is 18.1 Å². The second-order valence-corrected chi connectivity index (χ2v) is 6.37. The van der Waals surface area contributed by atoms with Crippen molar-refractivity contribution in [1.29, 1.82) is 0 Å². The van der Waals surface area contributed by atoms with Crippen LogP contribution in [-0.4, -0.2) is 44.1 Å². The Hall–Kier alpha value is -2.47. The van der Waals surface area contributed by atoms with Crippen molar-refractivity contribution in [2.45, 2.75) is 25.8 Å². The largest absolute Gasteiger partial charge is 0.362 e. The van der Waals surface area contributed by atoms with E-state index in [0.29, 0.717) is 5.78 Å². The third-order valence-corrected chi connectivity index (χ3v) is 4.54. The molecular weight excluding hydrogens is 300 g/mol. The summed E-state index contributed by atoms with van der Waals surface area (Å²) in [7, 11) is 0. The first-order chi connectivity index (χ1) is 11.8. The van der Waals surface area contributed by atoms with Gasteiger partial charge in [0, 0.05) is 18.3 Å². The molecule has 0 amide bonds. The van der Waals surface area contributed by atoms with Crippen LogP contribution in [0.4, 0.5) is 5.82 Å². The standard InChI is InChI=1S/C18H22N6/c1-14-11-17(24-18(21-14)19-13-20-24)22-16(12-23-9-5-6-10-23)15-7-3-2-4-8-15/h2-4,7-8,11,13,16,22H,5-6,9-10,12H2,1H3. The van der Waals surface area contributed by atoms with Gasteiger partial charge in [0.15, 0.2) is 0 Å². The monoisotopic (exact) mass is 322 g/mol. The van der Waals surface area contributed by atoms with Crippen molar-refractivity contribution in [3.8, 4) is 0 Å². The predicted molar refractivity (Wildman–Crippen MR) is 94.0 cm³/mol. The van der Waals surface area contributed by atoms with E-state index in [-0.39, 0.29) is 6.04 Å². The molecule has 2 aromatic heterocycles. The Bertz CT molecular complexity index is 807. The van der Waals surface area contributed by atoms with Crippen molar-refractivity contribution in [2.75, 3.05) is 25.0 Å². The van der Waals surface area contributed by atoms with Gasteiger partial charge in [0.25, 0.3) is 5.78 Å². The van der Waals surface area contributed by atoms with E-state index in [9.17, 15) is 0 Å². The Balaban J connectivity index is 1.66. The summed E-state index contributed by atoms with van der Waals surface area (Å²) >= 11 is 0. The van der Waals surface area contributed by atoms with Gasteiger partial charge in [-0.15, -0.1) is 0 Å². The van der Waals surface area contributed by atoms with E-state index in [2.05, 4.69) is 55.6 Å². The van der Waals surface area contributed by atoms with Crippen LogP contribution in [0.1, 0.15) is 30.1 Å². The average molecular weight is 322 g/mol. The highest BCUT2D eigenvalue weighted by Crippen LogP contribution is 2.23. The van der Waals surface area contributed by atoms with E-state index < -0.39 is 0 Å². The number of nitrogens with zero attached hydrogens (tertiary/aromatic N) is 5. The molecule has 1 unspecified atom stereocenters. The first-order valence-electron chi connectivity index (χ1n) is 8.51. The lowest BCUT2D eigenvalue weighted by molar-refractivity contribution is 0.323. The van der Waals surface area contributed by atoms with Gasteiger partial charge in [-0.3, -0.25) is 0 Å². The fourth-order valence-electron chi connectivity index (χ4n) is 3.36. The maximum absolute atomic E-state index is 4.42. The fourth-order valence-corrected chi connectivity index (χ4v) is 3.36. The first-order valence-corrected chi connectivity index (χ1v) is 8.51. The van der Waals surface area contributed by atoms with Gasteiger partial charge < -0.3 is 10.2 Å². The van der Waals surface area contributed by atoms with Crippen LogP contribution in [-0.2, 0) is 0 Å². The lowest BCUT2D eigenvalue weighted by Crippen LogP contribution is -2.30. The second kappa shape index (κ2) is 6.57. The van der Waals surface area contributed by atoms with Gasteiger partial charge in [-0.25, -0.2) is 4.98 Å². The zero-order valence-corrected chi connectivity index (χ0v) is 13.9. The van der Waals surface area contributed by atoms with Crippen LogP contribution >= 0.6 is 0 Å². The number of nitrogens with one attached hydrogen (secondary N) is 1. The van der Waals surface area contributed by atoms with Crippen LogP contribution in [0, 0.1) is 6.92 Å². The van der Waals surface area contributed by atoms with E-state index in [1.165, 1.54) is 31.5 Å². The van der Waals surface area contributed by atoms with Crippen LogP contribution in [0.3, 0.4) is 0 Å². The maximum atomic E-state index is 4.42. The van der Waals surface area contributed by atoms with Crippen LogP contribution in [0.5, 0.6) is 0 Å². The number of aromatic nitrogens is 4. The van der Waals surface area contributed by atoms with Crippen LogP contribution < -0.4 is 5.32 Å². The molecule has 0 saturated carbocycles. The van der Waals surface area contributed by atoms with Crippen LogP contribution in [0.15, 0.2) is 42.7 Å². The molecule has 1 saturated heterocycles. The van der Waals surface area contributed by atoms with Gasteiger partial charge in [0.2, 0.25) is 0 Å². The highest BCUT2D eigenvalue weighted by Gasteiger charge is 2.20. The summed E-state index contributed by atoms with van der Waals surface area (Å²) in [6, 6.07) is 12.8. The van der Waals surface area contributed by atoms with Gasteiger partial charge >= 0.3 is 0 Å². The van der Waals surface area contributed by atoms with Gasteiger partial charge in [-0.05, 0) is 38.4 Å².